The molecular formula is C22H23F2N2O3+. The van der Waals surface area contributed by atoms with Crippen molar-refractivity contribution < 1.29 is 27.6 Å². The molecule has 0 bridgehead atoms. The molecule has 0 aliphatic carbocycles. The second-order valence-corrected chi connectivity index (χ2v) is 7.38. The Kier molecular flexibility index (Phi) is 5.24. The maximum Gasteiger partial charge on any atom is 0.290 e. The first-order chi connectivity index (χ1) is 14.0. The Morgan fingerprint density at radius 1 is 1.17 bits per heavy atom. The van der Waals surface area contributed by atoms with Crippen LogP contribution in [0.15, 0.2) is 40.8 Å². The summed E-state index contributed by atoms with van der Waals surface area (Å²) in [6, 6.07) is 9.26. The monoisotopic (exact) mass is 401 g/mol. The number of carbonyl (C=O) groups is 1. The van der Waals surface area contributed by atoms with Crippen molar-refractivity contribution in [2.24, 2.45) is 0 Å². The highest BCUT2D eigenvalue weighted by Crippen LogP contribution is 2.27. The number of carbonyl (C=O) groups excluding carboxylic acids is 1. The molecule has 1 aliphatic heterocycles. The number of quaternary nitrogens is 1. The Balaban J connectivity index is 1.41. The summed E-state index contributed by atoms with van der Waals surface area (Å²) in [5, 5.41) is 0.624. The number of amides is 1. The van der Waals surface area contributed by atoms with Crippen LogP contribution < -0.4 is 9.64 Å². The molecule has 1 N–H and O–H groups in total. The van der Waals surface area contributed by atoms with E-state index in [-0.39, 0.29) is 29.1 Å². The zero-order chi connectivity index (χ0) is 20.5. The highest BCUT2D eigenvalue weighted by molar-refractivity contribution is 5.99. The number of aryl methyl sites for hydroxylation is 1. The lowest BCUT2D eigenvalue weighted by atomic mass is 10.1. The molecule has 0 radical (unpaired) electrons. The third-order valence-corrected chi connectivity index (χ3v) is 5.52. The van der Waals surface area contributed by atoms with Gasteiger partial charge in [0.05, 0.1) is 33.3 Å². The summed E-state index contributed by atoms with van der Waals surface area (Å²) in [6.45, 7) is 5.14. The molecule has 2 heterocycles. The Bertz CT molecular complexity index is 1060. The van der Waals surface area contributed by atoms with E-state index in [1.807, 2.05) is 6.07 Å². The van der Waals surface area contributed by atoms with Crippen LogP contribution in [-0.4, -0.2) is 44.1 Å². The van der Waals surface area contributed by atoms with Crippen molar-refractivity contribution in [3.8, 4) is 5.75 Å². The van der Waals surface area contributed by atoms with Gasteiger partial charge in [-0.2, -0.15) is 0 Å². The SMILES string of the molecule is COc1ccc(C[NH+]2CCN(C(=O)c3oc4ccc(F)cc4c3C)CC2)cc1F. The lowest BCUT2D eigenvalue weighted by Gasteiger charge is -2.32. The van der Waals surface area contributed by atoms with E-state index in [1.54, 1.807) is 24.0 Å². The zero-order valence-electron chi connectivity index (χ0n) is 16.4. The normalized spacial score (nSPS) is 15.1. The van der Waals surface area contributed by atoms with Gasteiger partial charge in [-0.25, -0.2) is 8.78 Å². The summed E-state index contributed by atoms with van der Waals surface area (Å²) in [4.78, 5) is 16.0. The zero-order valence-corrected chi connectivity index (χ0v) is 16.4. The summed E-state index contributed by atoms with van der Waals surface area (Å²) < 4.78 is 38.1. The van der Waals surface area contributed by atoms with E-state index in [2.05, 4.69) is 0 Å². The molecule has 1 fully saturated rings. The van der Waals surface area contributed by atoms with Crippen LogP contribution in [0, 0.1) is 18.6 Å². The minimum Gasteiger partial charge on any atom is -0.494 e. The standard InChI is InChI=1S/C22H22F2N2O3/c1-14-17-12-16(23)4-6-19(17)29-21(14)22(27)26-9-7-25(8-10-26)13-15-3-5-20(28-2)18(24)11-15/h3-6,11-12H,7-10,13H2,1-2H3/p+1. The smallest absolute Gasteiger partial charge is 0.290 e. The van der Waals surface area contributed by atoms with E-state index in [4.69, 9.17) is 9.15 Å². The fourth-order valence-corrected chi connectivity index (χ4v) is 3.85. The van der Waals surface area contributed by atoms with Gasteiger partial charge in [-0.1, -0.05) is 0 Å². The Morgan fingerprint density at radius 2 is 1.93 bits per heavy atom. The molecule has 5 nitrogen and oxygen atoms in total. The molecule has 0 unspecified atom stereocenters. The molecule has 0 spiro atoms. The van der Waals surface area contributed by atoms with Gasteiger partial charge in [0.1, 0.15) is 17.9 Å². The summed E-state index contributed by atoms with van der Waals surface area (Å²) in [5.74, 6) is -0.386. The van der Waals surface area contributed by atoms with Gasteiger partial charge in [-0.3, -0.25) is 4.79 Å². The molecule has 0 atom stereocenters. The van der Waals surface area contributed by atoms with Gasteiger partial charge in [-0.05, 0) is 43.3 Å². The Hall–Kier alpha value is -2.93. The van der Waals surface area contributed by atoms with E-state index in [0.29, 0.717) is 36.2 Å². The van der Waals surface area contributed by atoms with Crippen molar-refractivity contribution in [2.75, 3.05) is 33.3 Å². The molecule has 2 aromatic carbocycles. The van der Waals surface area contributed by atoms with E-state index in [1.165, 1.54) is 30.2 Å². The van der Waals surface area contributed by atoms with Gasteiger partial charge in [-0.15, -0.1) is 0 Å². The van der Waals surface area contributed by atoms with E-state index in [0.717, 1.165) is 18.7 Å². The molecule has 152 valence electrons. The third-order valence-electron chi connectivity index (χ3n) is 5.52. The number of hydrogen-bond donors (Lipinski definition) is 1. The first-order valence-electron chi connectivity index (χ1n) is 9.60. The number of fused-ring (bicyclic) bond motifs is 1. The van der Waals surface area contributed by atoms with Crippen LogP contribution in [0.25, 0.3) is 11.0 Å². The van der Waals surface area contributed by atoms with Gasteiger partial charge in [0, 0.05) is 16.5 Å². The largest absolute Gasteiger partial charge is 0.494 e. The lowest BCUT2D eigenvalue weighted by molar-refractivity contribution is -0.917. The van der Waals surface area contributed by atoms with Gasteiger partial charge in [0.2, 0.25) is 0 Å². The molecule has 29 heavy (non-hydrogen) atoms. The number of ether oxygens (including phenoxy) is 1. The Morgan fingerprint density at radius 3 is 2.62 bits per heavy atom. The van der Waals surface area contributed by atoms with Crippen molar-refractivity contribution in [1.82, 2.24) is 4.90 Å². The molecular weight excluding hydrogens is 378 g/mol. The molecule has 1 aliphatic rings. The predicted octanol–water partition coefficient (Wildman–Crippen LogP) is 2.57. The van der Waals surface area contributed by atoms with Crippen molar-refractivity contribution in [3.63, 3.8) is 0 Å². The first kappa shape index (κ1) is 19.4. The minimum atomic E-state index is -0.366. The van der Waals surface area contributed by atoms with E-state index >= 15 is 0 Å². The van der Waals surface area contributed by atoms with Gasteiger partial charge in [0.25, 0.3) is 5.91 Å². The number of hydrogen-bond acceptors (Lipinski definition) is 3. The number of nitrogens with zero attached hydrogens (tertiary/aromatic N) is 1. The summed E-state index contributed by atoms with van der Waals surface area (Å²) in [5.41, 5.74) is 2.07. The number of benzene rings is 2. The van der Waals surface area contributed by atoms with Crippen LogP contribution in [0.4, 0.5) is 8.78 Å². The topological polar surface area (TPSA) is 47.1 Å². The van der Waals surface area contributed by atoms with E-state index < -0.39 is 0 Å². The average molecular weight is 401 g/mol. The maximum absolute atomic E-state index is 13.9. The van der Waals surface area contributed by atoms with Crippen LogP contribution in [0.2, 0.25) is 0 Å². The van der Waals surface area contributed by atoms with Crippen LogP contribution >= 0.6 is 0 Å². The number of piperazine rings is 1. The first-order valence-corrected chi connectivity index (χ1v) is 9.60. The number of halogens is 2. The molecule has 7 heteroatoms. The summed E-state index contributed by atoms with van der Waals surface area (Å²) in [7, 11) is 1.44. The van der Waals surface area contributed by atoms with Crippen molar-refractivity contribution >= 4 is 16.9 Å². The predicted molar refractivity (Wildman–Crippen MR) is 104 cm³/mol. The highest BCUT2D eigenvalue weighted by Gasteiger charge is 2.28. The van der Waals surface area contributed by atoms with Crippen LogP contribution in [-0.2, 0) is 6.54 Å². The second kappa shape index (κ2) is 7.83. The van der Waals surface area contributed by atoms with Gasteiger partial charge in [0.15, 0.2) is 17.3 Å². The lowest BCUT2D eigenvalue weighted by Crippen LogP contribution is -3.13. The Labute approximate surface area is 167 Å². The number of rotatable bonds is 4. The molecule has 1 amide bonds. The number of methoxy groups -OCH3 is 1. The summed E-state index contributed by atoms with van der Waals surface area (Å²) in [6.07, 6.45) is 0. The quantitative estimate of drug-likeness (QED) is 0.731. The number of nitrogens with one attached hydrogen (secondary N) is 1. The molecule has 1 saturated heterocycles. The van der Waals surface area contributed by atoms with Crippen LogP contribution in [0.5, 0.6) is 5.75 Å². The minimum absolute atomic E-state index is 0.173. The maximum atomic E-state index is 13.9. The second-order valence-electron chi connectivity index (χ2n) is 7.38. The molecule has 4 rings (SSSR count). The van der Waals surface area contributed by atoms with Crippen molar-refractivity contribution in [2.45, 2.75) is 13.5 Å². The van der Waals surface area contributed by atoms with Crippen LogP contribution in [0.3, 0.4) is 0 Å². The number of furan rings is 1. The highest BCUT2D eigenvalue weighted by atomic mass is 19.1. The average Bonchev–Trinajstić information content (AvgIpc) is 3.04. The third kappa shape index (κ3) is 3.82. The molecule has 3 aromatic rings. The van der Waals surface area contributed by atoms with Gasteiger partial charge >= 0.3 is 0 Å². The van der Waals surface area contributed by atoms with Crippen molar-refractivity contribution in [1.29, 1.82) is 0 Å². The molecule has 0 saturated carbocycles. The van der Waals surface area contributed by atoms with Crippen molar-refractivity contribution in [3.05, 3.63) is 64.9 Å². The fourth-order valence-electron chi connectivity index (χ4n) is 3.85. The van der Waals surface area contributed by atoms with E-state index in [9.17, 15) is 13.6 Å². The fraction of sp³-hybridized carbons (Fsp3) is 0.318. The van der Waals surface area contributed by atoms with Gasteiger partial charge < -0.3 is 19.0 Å². The van der Waals surface area contributed by atoms with Crippen LogP contribution in [0.1, 0.15) is 21.7 Å². The molecule has 1 aromatic heterocycles. The summed E-state index contributed by atoms with van der Waals surface area (Å²) >= 11 is 0.